The summed E-state index contributed by atoms with van der Waals surface area (Å²) in [6.07, 6.45) is 1.76. The van der Waals surface area contributed by atoms with Crippen LogP contribution in [0.5, 0.6) is 0 Å². The van der Waals surface area contributed by atoms with Crippen LogP contribution in [0.3, 0.4) is 0 Å². The summed E-state index contributed by atoms with van der Waals surface area (Å²) in [6.45, 7) is 1.74. The molecule has 0 aliphatic heterocycles. The number of benzene rings is 2. The molecule has 3 aromatic rings. The Morgan fingerprint density at radius 1 is 1.19 bits per heavy atom. The van der Waals surface area contributed by atoms with Crippen LogP contribution in [0.4, 0.5) is 4.39 Å². The summed E-state index contributed by atoms with van der Waals surface area (Å²) in [4.78, 5) is 18.9. The van der Waals surface area contributed by atoms with Gasteiger partial charge in [-0.15, -0.1) is 0 Å². The second-order valence-corrected chi connectivity index (χ2v) is 6.44. The van der Waals surface area contributed by atoms with Crippen molar-refractivity contribution in [2.24, 2.45) is 0 Å². The first-order valence-electron chi connectivity index (χ1n) is 8.21. The summed E-state index contributed by atoms with van der Waals surface area (Å²) >= 11 is 6.36. The van der Waals surface area contributed by atoms with E-state index in [1.54, 1.807) is 26.1 Å². The lowest BCUT2D eigenvalue weighted by atomic mass is 10.0. The van der Waals surface area contributed by atoms with E-state index < -0.39 is 0 Å². The molecule has 0 spiro atoms. The number of hydrogen-bond donors (Lipinski definition) is 0. The van der Waals surface area contributed by atoms with E-state index in [0.717, 1.165) is 16.3 Å². The lowest BCUT2D eigenvalue weighted by molar-refractivity contribution is 0.0764. The van der Waals surface area contributed by atoms with Gasteiger partial charge in [-0.2, -0.15) is 0 Å². The molecule has 1 unspecified atom stereocenters. The van der Waals surface area contributed by atoms with E-state index in [1.807, 2.05) is 42.5 Å². The van der Waals surface area contributed by atoms with Gasteiger partial charge in [-0.3, -0.25) is 4.79 Å². The molecule has 3 nitrogen and oxygen atoms in total. The maximum Gasteiger partial charge on any atom is 0.272 e. The lowest BCUT2D eigenvalue weighted by Crippen LogP contribution is -2.34. The number of fused-ring (bicyclic) bond motifs is 1. The zero-order chi connectivity index (χ0) is 18.7. The van der Waals surface area contributed by atoms with E-state index in [2.05, 4.69) is 4.98 Å². The van der Waals surface area contributed by atoms with Gasteiger partial charge in [-0.05, 0) is 30.5 Å². The Hall–Kier alpha value is -2.72. The first-order valence-corrected chi connectivity index (χ1v) is 8.59. The average Bonchev–Trinajstić information content (AvgIpc) is 2.66. The standard InChI is InChI=1S/C21H18ClFN2O/c1-14(11-12-23)25(2)21(26)19-13-15-7-3-4-8-16(15)20(24-19)17-9-5-6-10-18(17)22/h3-14H,1-2H3/b12-11+/i23-1. The van der Waals surface area contributed by atoms with Crippen LogP contribution in [0.2, 0.25) is 5.02 Å². The quantitative estimate of drug-likeness (QED) is 0.610. The van der Waals surface area contributed by atoms with Gasteiger partial charge in [0, 0.05) is 29.1 Å². The molecular formula is C21H18ClFN2O. The van der Waals surface area contributed by atoms with Crippen LogP contribution in [-0.4, -0.2) is 28.9 Å². The van der Waals surface area contributed by atoms with Crippen molar-refractivity contribution in [2.45, 2.75) is 13.0 Å². The van der Waals surface area contributed by atoms with Gasteiger partial charge in [0.1, 0.15) is 5.69 Å². The van der Waals surface area contributed by atoms with Gasteiger partial charge in [0.15, 0.2) is 0 Å². The monoisotopic (exact) mass is 367 g/mol. The number of carbonyl (C=O) groups excluding carboxylic acids is 1. The summed E-state index contributed by atoms with van der Waals surface area (Å²) in [6, 6.07) is 16.5. The molecule has 1 amide bonds. The van der Waals surface area contributed by atoms with Gasteiger partial charge < -0.3 is 4.90 Å². The van der Waals surface area contributed by atoms with Crippen molar-refractivity contribution in [3.05, 3.63) is 77.7 Å². The number of nitrogens with zero attached hydrogens (tertiary/aromatic N) is 2. The molecule has 0 radical (unpaired) electrons. The fourth-order valence-electron chi connectivity index (χ4n) is 2.77. The van der Waals surface area contributed by atoms with E-state index in [4.69, 9.17) is 11.6 Å². The molecule has 0 bridgehead atoms. The third-order valence-electron chi connectivity index (χ3n) is 4.37. The fourth-order valence-corrected chi connectivity index (χ4v) is 2.99. The van der Waals surface area contributed by atoms with Crippen LogP contribution >= 0.6 is 11.6 Å². The molecule has 0 saturated heterocycles. The summed E-state index contributed by atoms with van der Waals surface area (Å²) in [5.41, 5.74) is 1.71. The van der Waals surface area contributed by atoms with Gasteiger partial charge in [0.25, 0.3) is 5.91 Å². The predicted molar refractivity (Wildman–Crippen MR) is 104 cm³/mol. The Morgan fingerprint density at radius 2 is 1.88 bits per heavy atom. The Labute approximate surface area is 156 Å². The smallest absolute Gasteiger partial charge is 0.272 e. The van der Waals surface area contributed by atoms with Gasteiger partial charge in [0.2, 0.25) is 0 Å². The normalized spacial score (nSPS) is 12.5. The Morgan fingerprint density at radius 3 is 2.62 bits per heavy atom. The zero-order valence-corrected chi connectivity index (χ0v) is 15.2. The number of carbonyl (C=O) groups is 1. The number of amides is 1. The molecule has 0 saturated carbocycles. The predicted octanol–water partition coefficient (Wildman–Crippen LogP) is 5.50. The number of pyridine rings is 1. The first-order chi connectivity index (χ1) is 12.5. The minimum atomic E-state index is -0.385. The van der Waals surface area contributed by atoms with Gasteiger partial charge in [-0.1, -0.05) is 54.1 Å². The van der Waals surface area contributed by atoms with Gasteiger partial charge in [-0.25, -0.2) is 9.37 Å². The highest BCUT2D eigenvalue weighted by molar-refractivity contribution is 6.33. The highest BCUT2D eigenvalue weighted by Crippen LogP contribution is 2.32. The second-order valence-electron chi connectivity index (χ2n) is 6.03. The second kappa shape index (κ2) is 7.67. The summed E-state index contributed by atoms with van der Waals surface area (Å²) in [7, 11) is 1.62. The van der Waals surface area contributed by atoms with E-state index in [0.29, 0.717) is 22.7 Å². The maximum atomic E-state index is 12.8. The number of likely N-dealkylation sites (N-methyl/N-ethyl adjacent to an activating group) is 1. The highest BCUT2D eigenvalue weighted by Gasteiger charge is 2.20. The molecule has 2 aromatic carbocycles. The highest BCUT2D eigenvalue weighted by atomic mass is 35.5. The SMILES string of the molecule is CC(/C=C/[18F])N(C)C(=O)c1cc2ccccc2c(-c2ccccc2Cl)n1. The summed E-state index contributed by atoms with van der Waals surface area (Å²) in [5, 5.41) is 2.37. The topological polar surface area (TPSA) is 33.2 Å². The molecule has 0 aliphatic rings. The maximum absolute atomic E-state index is 12.8. The van der Waals surface area contributed by atoms with E-state index in [-0.39, 0.29) is 11.9 Å². The molecule has 5 heteroatoms. The number of aromatic nitrogens is 1. The Kier molecular flexibility index (Phi) is 5.33. The summed E-state index contributed by atoms with van der Waals surface area (Å²) < 4.78 is 12.5. The third kappa shape index (κ3) is 3.46. The molecule has 1 heterocycles. The number of hydrogen-bond acceptors (Lipinski definition) is 2. The largest absolute Gasteiger partial charge is 0.334 e. The van der Waals surface area contributed by atoms with Crippen molar-refractivity contribution in [1.29, 1.82) is 0 Å². The average molecular weight is 368 g/mol. The molecule has 26 heavy (non-hydrogen) atoms. The Bertz CT molecular complexity index is 987. The van der Waals surface area contributed by atoms with Gasteiger partial charge >= 0.3 is 0 Å². The van der Waals surface area contributed by atoms with Crippen molar-refractivity contribution in [3.8, 4) is 11.3 Å². The minimum Gasteiger partial charge on any atom is -0.334 e. The molecule has 3 rings (SSSR count). The molecule has 0 N–H and O–H groups in total. The van der Waals surface area contributed by atoms with Crippen LogP contribution in [0, 0.1) is 0 Å². The van der Waals surface area contributed by atoms with Crippen LogP contribution < -0.4 is 0 Å². The lowest BCUT2D eigenvalue weighted by Gasteiger charge is -2.22. The third-order valence-corrected chi connectivity index (χ3v) is 4.70. The molecular weight excluding hydrogens is 350 g/mol. The van der Waals surface area contributed by atoms with Crippen molar-refractivity contribution in [2.75, 3.05) is 7.05 Å². The van der Waals surface area contributed by atoms with Crippen LogP contribution in [-0.2, 0) is 0 Å². The van der Waals surface area contributed by atoms with Crippen molar-refractivity contribution in [1.82, 2.24) is 9.88 Å². The van der Waals surface area contributed by atoms with Crippen LogP contribution in [0.1, 0.15) is 17.4 Å². The summed E-state index contributed by atoms with van der Waals surface area (Å²) in [5.74, 6) is -0.283. The molecule has 132 valence electrons. The zero-order valence-electron chi connectivity index (χ0n) is 14.5. The number of halogens is 2. The van der Waals surface area contributed by atoms with E-state index in [9.17, 15) is 9.18 Å². The Balaban J connectivity index is 2.17. The first kappa shape index (κ1) is 18.1. The van der Waals surface area contributed by atoms with Crippen molar-refractivity contribution >= 4 is 28.3 Å². The van der Waals surface area contributed by atoms with E-state index in [1.165, 1.54) is 11.0 Å². The van der Waals surface area contributed by atoms with E-state index >= 15 is 0 Å². The van der Waals surface area contributed by atoms with Crippen LogP contribution in [0.15, 0.2) is 67.0 Å². The van der Waals surface area contributed by atoms with Crippen LogP contribution in [0.25, 0.3) is 22.0 Å². The van der Waals surface area contributed by atoms with Crippen molar-refractivity contribution in [3.63, 3.8) is 0 Å². The minimum absolute atomic E-state index is 0.283. The number of rotatable bonds is 4. The molecule has 1 aromatic heterocycles. The molecule has 0 fully saturated rings. The fraction of sp³-hybridized carbons (Fsp3) is 0.143. The van der Waals surface area contributed by atoms with Crippen molar-refractivity contribution < 1.29 is 9.18 Å². The molecule has 1 atom stereocenters. The molecule has 0 aliphatic carbocycles. The van der Waals surface area contributed by atoms with Gasteiger partial charge in [0.05, 0.1) is 12.0 Å².